The summed E-state index contributed by atoms with van der Waals surface area (Å²) < 4.78 is 2.38. The first-order valence-corrected chi connectivity index (χ1v) is 11.1. The second-order valence-corrected chi connectivity index (χ2v) is 8.62. The Morgan fingerprint density at radius 1 is 1.00 bits per heavy atom. The van der Waals surface area contributed by atoms with Crippen molar-refractivity contribution in [3.05, 3.63) is 88.7 Å². The molecular weight excluding hydrogens is 374 g/mol. The van der Waals surface area contributed by atoms with Gasteiger partial charge < -0.3 is 9.41 Å². The zero-order chi connectivity index (χ0) is 20.7. The van der Waals surface area contributed by atoms with Crippen LogP contribution in [-0.2, 0) is 13.0 Å². The molecule has 0 radical (unpaired) electrons. The van der Waals surface area contributed by atoms with E-state index < -0.39 is 0 Å². The maximum Gasteiger partial charge on any atom is 0.0895 e. The minimum absolute atomic E-state index is 0.202. The summed E-state index contributed by atoms with van der Waals surface area (Å²) in [6.45, 7) is 11.2. The standard InChI is InChI=1S/C26H27NOS/c1-16-10-12-20(13-11-16)24-19(4)25-22-9-7-6-8-21(22)15-27(29-5)26(25)18(3)23(24)14-17(2)28/h6-13,28H,2,14-15H2,1,3-5H3. The molecule has 3 heteroatoms. The molecule has 1 heterocycles. The molecule has 148 valence electrons. The van der Waals surface area contributed by atoms with E-state index in [0.29, 0.717) is 6.42 Å². The minimum atomic E-state index is 0.202. The predicted molar refractivity (Wildman–Crippen MR) is 127 cm³/mol. The van der Waals surface area contributed by atoms with Crippen molar-refractivity contribution in [2.24, 2.45) is 0 Å². The zero-order valence-corrected chi connectivity index (χ0v) is 18.4. The molecule has 0 fully saturated rings. The quantitative estimate of drug-likeness (QED) is 0.371. The highest BCUT2D eigenvalue weighted by Gasteiger charge is 2.29. The Hall–Kier alpha value is -2.65. The highest BCUT2D eigenvalue weighted by molar-refractivity contribution is 7.99. The SMILES string of the molecule is C=C(O)Cc1c(C)c2c(c(C)c1-c1ccc(C)cc1)-c1ccccc1CN2SC. The summed E-state index contributed by atoms with van der Waals surface area (Å²) in [6.07, 6.45) is 2.60. The smallest absolute Gasteiger partial charge is 0.0895 e. The second kappa shape index (κ2) is 7.64. The van der Waals surface area contributed by atoms with Gasteiger partial charge in [0.2, 0.25) is 0 Å². The first-order valence-electron chi connectivity index (χ1n) is 9.92. The van der Waals surface area contributed by atoms with Crippen LogP contribution in [0.5, 0.6) is 0 Å². The Balaban J connectivity index is 2.11. The van der Waals surface area contributed by atoms with E-state index >= 15 is 0 Å². The number of hydrogen-bond acceptors (Lipinski definition) is 3. The van der Waals surface area contributed by atoms with Gasteiger partial charge in [-0.3, -0.25) is 0 Å². The fourth-order valence-corrected chi connectivity index (χ4v) is 5.19. The summed E-state index contributed by atoms with van der Waals surface area (Å²) in [5, 5.41) is 10.1. The Morgan fingerprint density at radius 2 is 1.69 bits per heavy atom. The number of aliphatic hydroxyl groups excluding tert-OH is 1. The van der Waals surface area contributed by atoms with E-state index in [9.17, 15) is 5.11 Å². The number of aryl methyl sites for hydroxylation is 1. The van der Waals surface area contributed by atoms with Crippen LogP contribution in [0.2, 0.25) is 0 Å². The lowest BCUT2D eigenvalue weighted by molar-refractivity contribution is 0.401. The molecule has 1 aliphatic rings. The van der Waals surface area contributed by atoms with Gasteiger partial charge in [0.25, 0.3) is 0 Å². The van der Waals surface area contributed by atoms with E-state index in [-0.39, 0.29) is 5.76 Å². The predicted octanol–water partition coefficient (Wildman–Crippen LogP) is 7.16. The van der Waals surface area contributed by atoms with Gasteiger partial charge in [0.05, 0.1) is 18.0 Å². The normalized spacial score (nSPS) is 12.5. The highest BCUT2D eigenvalue weighted by Crippen LogP contribution is 2.50. The Bertz CT molecular complexity index is 1100. The van der Waals surface area contributed by atoms with Crippen molar-refractivity contribution in [3.63, 3.8) is 0 Å². The highest BCUT2D eigenvalue weighted by atomic mass is 32.2. The number of allylic oxidation sites excluding steroid dienone is 1. The van der Waals surface area contributed by atoms with Gasteiger partial charge in [-0.2, -0.15) is 0 Å². The molecule has 0 aliphatic carbocycles. The molecule has 0 bridgehead atoms. The van der Waals surface area contributed by atoms with Crippen molar-refractivity contribution in [1.29, 1.82) is 0 Å². The van der Waals surface area contributed by atoms with Crippen molar-refractivity contribution in [3.8, 4) is 22.3 Å². The molecule has 3 aromatic carbocycles. The van der Waals surface area contributed by atoms with E-state index in [4.69, 9.17) is 0 Å². The fraction of sp³-hybridized carbons (Fsp3) is 0.231. The van der Waals surface area contributed by atoms with Crippen LogP contribution >= 0.6 is 11.9 Å². The molecule has 1 aliphatic heterocycles. The number of aliphatic hydroxyl groups is 1. The van der Waals surface area contributed by atoms with Crippen molar-refractivity contribution in [1.82, 2.24) is 0 Å². The number of rotatable bonds is 4. The fourth-order valence-electron chi connectivity index (χ4n) is 4.52. The van der Waals surface area contributed by atoms with Crippen LogP contribution in [-0.4, -0.2) is 11.4 Å². The number of anilines is 1. The second-order valence-electron chi connectivity index (χ2n) is 7.81. The Morgan fingerprint density at radius 3 is 2.34 bits per heavy atom. The minimum Gasteiger partial charge on any atom is -0.513 e. The molecule has 0 atom stereocenters. The molecule has 2 nitrogen and oxygen atoms in total. The van der Waals surface area contributed by atoms with Gasteiger partial charge in [-0.25, -0.2) is 0 Å². The van der Waals surface area contributed by atoms with Crippen LogP contribution in [0.15, 0.2) is 60.9 Å². The van der Waals surface area contributed by atoms with Crippen molar-refractivity contribution in [2.75, 3.05) is 10.6 Å². The molecule has 0 saturated carbocycles. The van der Waals surface area contributed by atoms with Crippen LogP contribution in [0.1, 0.15) is 27.8 Å². The number of benzene rings is 3. The summed E-state index contributed by atoms with van der Waals surface area (Å²) in [7, 11) is 0. The summed E-state index contributed by atoms with van der Waals surface area (Å²) >= 11 is 1.75. The van der Waals surface area contributed by atoms with E-state index in [1.54, 1.807) is 11.9 Å². The Kier molecular flexibility index (Phi) is 5.18. The molecule has 0 spiro atoms. The topological polar surface area (TPSA) is 23.5 Å². The van der Waals surface area contributed by atoms with Crippen LogP contribution < -0.4 is 4.31 Å². The van der Waals surface area contributed by atoms with E-state index in [0.717, 1.165) is 12.1 Å². The van der Waals surface area contributed by atoms with Gasteiger partial charge in [-0.1, -0.05) is 72.6 Å². The van der Waals surface area contributed by atoms with Crippen LogP contribution in [0.4, 0.5) is 5.69 Å². The van der Waals surface area contributed by atoms with Gasteiger partial charge in [0.15, 0.2) is 0 Å². The van der Waals surface area contributed by atoms with Crippen molar-refractivity contribution in [2.45, 2.75) is 33.7 Å². The van der Waals surface area contributed by atoms with E-state index in [2.05, 4.69) is 86.4 Å². The molecule has 0 unspecified atom stereocenters. The van der Waals surface area contributed by atoms with Crippen LogP contribution in [0, 0.1) is 20.8 Å². The number of fused-ring (bicyclic) bond motifs is 3. The maximum absolute atomic E-state index is 10.1. The third-order valence-electron chi connectivity index (χ3n) is 5.89. The lowest BCUT2D eigenvalue weighted by Gasteiger charge is -2.35. The van der Waals surface area contributed by atoms with Gasteiger partial charge >= 0.3 is 0 Å². The van der Waals surface area contributed by atoms with Crippen LogP contribution in [0.25, 0.3) is 22.3 Å². The molecule has 4 rings (SSSR count). The average Bonchev–Trinajstić information content (AvgIpc) is 2.71. The summed E-state index contributed by atoms with van der Waals surface area (Å²) in [5.74, 6) is 0.202. The summed E-state index contributed by atoms with van der Waals surface area (Å²) in [6, 6.07) is 17.4. The van der Waals surface area contributed by atoms with Gasteiger partial charge in [0.1, 0.15) is 0 Å². The molecule has 3 aromatic rings. The summed E-state index contributed by atoms with van der Waals surface area (Å²) in [4.78, 5) is 0. The van der Waals surface area contributed by atoms with Crippen molar-refractivity contribution < 1.29 is 5.11 Å². The molecule has 0 saturated heterocycles. The lowest BCUT2D eigenvalue weighted by atomic mass is 9.81. The summed E-state index contributed by atoms with van der Waals surface area (Å²) in [5.41, 5.74) is 12.5. The largest absolute Gasteiger partial charge is 0.513 e. The van der Waals surface area contributed by atoms with Gasteiger partial charge in [-0.15, -0.1) is 0 Å². The molecule has 1 N–H and O–H groups in total. The molecular formula is C26H27NOS. The third kappa shape index (κ3) is 3.34. The zero-order valence-electron chi connectivity index (χ0n) is 17.5. The molecule has 0 amide bonds. The van der Waals surface area contributed by atoms with E-state index in [1.807, 2.05) is 0 Å². The first kappa shape index (κ1) is 19.7. The first-order chi connectivity index (χ1) is 13.9. The average molecular weight is 402 g/mol. The van der Waals surface area contributed by atoms with Crippen molar-refractivity contribution >= 4 is 17.6 Å². The van der Waals surface area contributed by atoms with Gasteiger partial charge in [-0.05, 0) is 59.7 Å². The lowest BCUT2D eigenvalue weighted by Crippen LogP contribution is -2.22. The van der Waals surface area contributed by atoms with E-state index in [1.165, 1.54) is 50.2 Å². The maximum atomic E-state index is 10.1. The number of nitrogens with zero attached hydrogens (tertiary/aromatic N) is 1. The monoisotopic (exact) mass is 401 g/mol. The molecule has 0 aromatic heterocycles. The molecule has 29 heavy (non-hydrogen) atoms. The number of hydrogen-bond donors (Lipinski definition) is 1. The van der Waals surface area contributed by atoms with Gasteiger partial charge in [0, 0.05) is 18.2 Å². The Labute approximate surface area is 178 Å². The van der Waals surface area contributed by atoms with Crippen LogP contribution in [0.3, 0.4) is 0 Å². The third-order valence-corrected chi connectivity index (χ3v) is 6.64.